The van der Waals surface area contributed by atoms with Gasteiger partial charge >= 0.3 is 18.3 Å². The molecular weight excluding hydrogens is 523 g/mol. The van der Waals surface area contributed by atoms with E-state index in [1.807, 2.05) is 0 Å². The molecule has 216 valence electrons. The maximum absolute atomic E-state index is 13.3. The lowest BCUT2D eigenvalue weighted by atomic mass is 10.0. The third-order valence-electron chi connectivity index (χ3n) is 6.04. The number of carbonyl (C=O) groups is 4. The van der Waals surface area contributed by atoms with Crippen LogP contribution in [0.4, 0.5) is 28.4 Å². The number of ether oxygens (including phenoxy) is 2. The standard InChI is InChI=1S/C25H34F3N5O6/c1-24(2,3)39-23(37)32-18-8-11-38-14-19(18)30-20(34)13-29-21(35)16-12-15(25(26,27)28)6-7-17(16)31-22(36)33-9-4-5-10-33/h6-7,12,18-19H,4-5,8-11,13-14H2,1-3H3,(H,29,35)(H,30,34)(H,31,36)(H,32,37)/t18-,19+/m1/s1. The quantitative estimate of drug-likeness (QED) is 0.425. The van der Waals surface area contributed by atoms with Crippen LogP contribution < -0.4 is 21.3 Å². The fraction of sp³-hybridized carbons (Fsp3) is 0.600. The van der Waals surface area contributed by atoms with Gasteiger partial charge < -0.3 is 35.6 Å². The van der Waals surface area contributed by atoms with Gasteiger partial charge in [0.15, 0.2) is 0 Å². The fourth-order valence-electron chi connectivity index (χ4n) is 4.16. The number of alkyl halides is 3. The number of rotatable bonds is 6. The Morgan fingerprint density at radius 1 is 1.05 bits per heavy atom. The van der Waals surface area contributed by atoms with Crippen molar-refractivity contribution >= 4 is 29.6 Å². The lowest BCUT2D eigenvalue weighted by Crippen LogP contribution is -2.58. The molecule has 0 bridgehead atoms. The van der Waals surface area contributed by atoms with Crippen LogP contribution >= 0.6 is 0 Å². The number of urea groups is 1. The molecule has 3 rings (SSSR count). The van der Waals surface area contributed by atoms with E-state index in [1.54, 1.807) is 20.8 Å². The van der Waals surface area contributed by atoms with Crippen LogP contribution in [0.2, 0.25) is 0 Å². The van der Waals surface area contributed by atoms with Crippen molar-refractivity contribution in [3.05, 3.63) is 29.3 Å². The van der Waals surface area contributed by atoms with E-state index < -0.39 is 65.5 Å². The highest BCUT2D eigenvalue weighted by Crippen LogP contribution is 2.32. The zero-order valence-electron chi connectivity index (χ0n) is 22.1. The van der Waals surface area contributed by atoms with E-state index in [4.69, 9.17) is 9.47 Å². The molecule has 39 heavy (non-hydrogen) atoms. The second-order valence-electron chi connectivity index (χ2n) is 10.4. The molecule has 0 aromatic heterocycles. The molecule has 2 heterocycles. The SMILES string of the molecule is CC(C)(C)OC(=O)N[C@@H]1CCOC[C@@H]1NC(=O)CNC(=O)c1cc(C(F)(F)F)ccc1NC(=O)N1CCCC1. The number of nitrogens with one attached hydrogen (secondary N) is 4. The van der Waals surface area contributed by atoms with Crippen molar-refractivity contribution in [3.8, 4) is 0 Å². The molecule has 2 fully saturated rings. The molecule has 4 N–H and O–H groups in total. The minimum Gasteiger partial charge on any atom is -0.444 e. The first-order chi connectivity index (χ1) is 18.2. The molecule has 2 saturated heterocycles. The topological polar surface area (TPSA) is 138 Å². The zero-order valence-corrected chi connectivity index (χ0v) is 22.1. The maximum Gasteiger partial charge on any atom is 0.416 e. The van der Waals surface area contributed by atoms with Gasteiger partial charge in [-0.25, -0.2) is 9.59 Å². The monoisotopic (exact) mass is 557 g/mol. The summed E-state index contributed by atoms with van der Waals surface area (Å²) in [6.45, 7) is 6.03. The largest absolute Gasteiger partial charge is 0.444 e. The van der Waals surface area contributed by atoms with Crippen molar-refractivity contribution in [2.75, 3.05) is 38.2 Å². The smallest absolute Gasteiger partial charge is 0.416 e. The first-order valence-corrected chi connectivity index (χ1v) is 12.6. The number of likely N-dealkylation sites (tertiary alicyclic amines) is 1. The van der Waals surface area contributed by atoms with Gasteiger partial charge in [0.05, 0.1) is 42.0 Å². The molecule has 0 spiro atoms. The number of halogens is 3. The second kappa shape index (κ2) is 12.5. The van der Waals surface area contributed by atoms with Crippen LogP contribution in [0.25, 0.3) is 0 Å². The Hall–Kier alpha value is -3.55. The lowest BCUT2D eigenvalue weighted by molar-refractivity contribution is -0.137. The highest BCUT2D eigenvalue weighted by atomic mass is 19.4. The van der Waals surface area contributed by atoms with Crippen LogP contribution in [0.1, 0.15) is 56.0 Å². The molecule has 1 aromatic carbocycles. The molecule has 11 nitrogen and oxygen atoms in total. The number of hydrogen-bond acceptors (Lipinski definition) is 6. The number of amides is 5. The van der Waals surface area contributed by atoms with Gasteiger partial charge in [-0.2, -0.15) is 13.2 Å². The summed E-state index contributed by atoms with van der Waals surface area (Å²) in [6, 6.07) is 0.758. The number of alkyl carbamates (subject to hydrolysis) is 1. The van der Waals surface area contributed by atoms with Gasteiger partial charge in [0.25, 0.3) is 5.91 Å². The van der Waals surface area contributed by atoms with E-state index in [1.165, 1.54) is 4.90 Å². The zero-order chi connectivity index (χ0) is 28.8. The van der Waals surface area contributed by atoms with Gasteiger partial charge in [0.2, 0.25) is 5.91 Å². The minimum atomic E-state index is -4.72. The predicted octanol–water partition coefficient (Wildman–Crippen LogP) is 2.86. The van der Waals surface area contributed by atoms with E-state index in [9.17, 15) is 32.3 Å². The molecule has 2 atom stereocenters. The summed E-state index contributed by atoms with van der Waals surface area (Å²) in [7, 11) is 0. The van der Waals surface area contributed by atoms with Crippen LogP contribution in [0, 0.1) is 0 Å². The Labute approximate surface area is 224 Å². The molecule has 14 heteroatoms. The van der Waals surface area contributed by atoms with E-state index in [0.29, 0.717) is 32.2 Å². The number of hydrogen-bond donors (Lipinski definition) is 4. The second-order valence-corrected chi connectivity index (χ2v) is 10.4. The lowest BCUT2D eigenvalue weighted by Gasteiger charge is -2.33. The van der Waals surface area contributed by atoms with Gasteiger partial charge in [-0.05, 0) is 58.2 Å². The minimum absolute atomic E-state index is 0.0977. The van der Waals surface area contributed by atoms with Crippen molar-refractivity contribution in [2.45, 2.75) is 63.9 Å². The first-order valence-electron chi connectivity index (χ1n) is 12.6. The molecule has 0 radical (unpaired) electrons. The molecule has 2 aliphatic heterocycles. The third kappa shape index (κ3) is 9.01. The molecule has 5 amide bonds. The normalized spacial score (nSPS) is 19.7. The Bertz CT molecular complexity index is 1070. The molecule has 1 aromatic rings. The number of carbonyl (C=O) groups excluding carboxylic acids is 4. The summed E-state index contributed by atoms with van der Waals surface area (Å²) in [6.07, 6.45) is -3.36. The molecular formula is C25H34F3N5O6. The number of anilines is 1. The van der Waals surface area contributed by atoms with E-state index in [0.717, 1.165) is 25.0 Å². The third-order valence-corrected chi connectivity index (χ3v) is 6.04. The molecule has 0 saturated carbocycles. The highest BCUT2D eigenvalue weighted by Gasteiger charge is 2.33. The summed E-state index contributed by atoms with van der Waals surface area (Å²) in [5.74, 6) is -1.62. The van der Waals surface area contributed by atoms with Crippen molar-refractivity contribution < 1.29 is 41.8 Å². The first kappa shape index (κ1) is 30.0. The fourth-order valence-corrected chi connectivity index (χ4v) is 4.16. The molecule has 2 aliphatic rings. The maximum atomic E-state index is 13.3. The summed E-state index contributed by atoms with van der Waals surface area (Å²) < 4.78 is 50.6. The van der Waals surface area contributed by atoms with Gasteiger partial charge in [-0.15, -0.1) is 0 Å². The van der Waals surface area contributed by atoms with Crippen molar-refractivity contribution in [1.82, 2.24) is 20.9 Å². The van der Waals surface area contributed by atoms with Crippen molar-refractivity contribution in [1.29, 1.82) is 0 Å². The Balaban J connectivity index is 1.64. The van der Waals surface area contributed by atoms with Crippen LogP contribution in [-0.4, -0.2) is 79.4 Å². The Morgan fingerprint density at radius 2 is 1.74 bits per heavy atom. The van der Waals surface area contributed by atoms with Gasteiger partial charge in [-0.1, -0.05) is 0 Å². The highest BCUT2D eigenvalue weighted by molar-refractivity contribution is 6.04. The summed E-state index contributed by atoms with van der Waals surface area (Å²) in [4.78, 5) is 51.6. The van der Waals surface area contributed by atoms with Crippen LogP contribution in [0.3, 0.4) is 0 Å². The molecule has 0 unspecified atom stereocenters. The van der Waals surface area contributed by atoms with E-state index >= 15 is 0 Å². The Morgan fingerprint density at radius 3 is 2.38 bits per heavy atom. The average Bonchev–Trinajstić information content (AvgIpc) is 3.37. The van der Waals surface area contributed by atoms with Crippen molar-refractivity contribution in [2.24, 2.45) is 0 Å². The van der Waals surface area contributed by atoms with Crippen LogP contribution in [0.15, 0.2) is 18.2 Å². The van der Waals surface area contributed by atoms with Gasteiger partial charge in [0, 0.05) is 19.7 Å². The molecule has 0 aliphatic carbocycles. The summed E-state index contributed by atoms with van der Waals surface area (Å²) >= 11 is 0. The summed E-state index contributed by atoms with van der Waals surface area (Å²) in [5.41, 5.74) is -2.34. The predicted molar refractivity (Wildman–Crippen MR) is 134 cm³/mol. The van der Waals surface area contributed by atoms with Crippen LogP contribution in [0.5, 0.6) is 0 Å². The number of benzene rings is 1. The van der Waals surface area contributed by atoms with Crippen LogP contribution in [-0.2, 0) is 20.4 Å². The summed E-state index contributed by atoms with van der Waals surface area (Å²) in [5, 5.41) is 10.2. The average molecular weight is 558 g/mol. The van der Waals surface area contributed by atoms with Crippen molar-refractivity contribution in [3.63, 3.8) is 0 Å². The van der Waals surface area contributed by atoms with Gasteiger partial charge in [0.1, 0.15) is 5.60 Å². The van der Waals surface area contributed by atoms with E-state index in [2.05, 4.69) is 21.3 Å². The Kier molecular flexibility index (Phi) is 9.64. The number of nitrogens with zero attached hydrogens (tertiary/aromatic N) is 1. The van der Waals surface area contributed by atoms with Gasteiger partial charge in [-0.3, -0.25) is 9.59 Å². The van der Waals surface area contributed by atoms with E-state index in [-0.39, 0.29) is 12.3 Å².